The van der Waals surface area contributed by atoms with E-state index in [0.29, 0.717) is 17.0 Å². The zero-order chi connectivity index (χ0) is 31.1. The molecule has 0 saturated carbocycles. The zero-order valence-corrected chi connectivity index (χ0v) is 24.3. The molecule has 0 fully saturated rings. The molecule has 44 heavy (non-hydrogen) atoms. The lowest BCUT2D eigenvalue weighted by Gasteiger charge is -2.10. The van der Waals surface area contributed by atoms with Gasteiger partial charge in [-0.15, -0.1) is 0 Å². The van der Waals surface area contributed by atoms with Gasteiger partial charge in [0, 0.05) is 30.2 Å². The quantitative estimate of drug-likeness (QED) is 0.127. The second-order valence-electron chi connectivity index (χ2n) is 10.5. The predicted molar refractivity (Wildman–Crippen MR) is 169 cm³/mol. The van der Waals surface area contributed by atoms with E-state index >= 15 is 0 Å². The average molecular weight is 586 g/mol. The Bertz CT molecular complexity index is 1800. The van der Waals surface area contributed by atoms with Crippen LogP contribution in [0.5, 0.6) is 11.5 Å². The van der Waals surface area contributed by atoms with Crippen molar-refractivity contribution in [1.82, 2.24) is 10.3 Å². The molecule has 4 aromatic carbocycles. The Morgan fingerprint density at radius 3 is 2.16 bits per heavy atom. The number of hydrogen-bond donors (Lipinski definition) is 3. The Morgan fingerprint density at radius 1 is 0.750 bits per heavy atom. The average Bonchev–Trinajstić information content (AvgIpc) is 3.04. The third-order valence-corrected chi connectivity index (χ3v) is 6.96. The number of nitrogens with zero attached hydrogens (tertiary/aromatic N) is 1. The number of carbonyl (C=O) groups excluding carboxylic acids is 3. The molecule has 0 bridgehead atoms. The number of anilines is 1. The zero-order valence-electron chi connectivity index (χ0n) is 24.3. The summed E-state index contributed by atoms with van der Waals surface area (Å²) in [5, 5.41) is 15.2. The van der Waals surface area contributed by atoms with Crippen molar-refractivity contribution in [1.29, 1.82) is 0 Å². The molecule has 0 unspecified atom stereocenters. The van der Waals surface area contributed by atoms with Crippen LogP contribution in [0.15, 0.2) is 116 Å². The van der Waals surface area contributed by atoms with Crippen molar-refractivity contribution in [3.8, 4) is 22.6 Å². The third kappa shape index (κ3) is 7.54. The van der Waals surface area contributed by atoms with Crippen molar-refractivity contribution >= 4 is 23.5 Å². The highest BCUT2D eigenvalue weighted by atomic mass is 16.5. The van der Waals surface area contributed by atoms with Crippen LogP contribution >= 0.6 is 0 Å². The topological polar surface area (TPSA) is 118 Å². The third-order valence-electron chi connectivity index (χ3n) is 6.96. The summed E-state index contributed by atoms with van der Waals surface area (Å²) < 4.78 is 5.51. The molecule has 0 saturated heterocycles. The number of phenols is 1. The summed E-state index contributed by atoms with van der Waals surface area (Å²) in [5.74, 6) is -0.383. The van der Waals surface area contributed by atoms with Crippen LogP contribution < -0.4 is 15.4 Å². The molecule has 2 amide bonds. The highest BCUT2D eigenvalue weighted by molar-refractivity contribution is 6.05. The Kier molecular flexibility index (Phi) is 9.10. The first-order chi connectivity index (χ1) is 21.2. The van der Waals surface area contributed by atoms with Gasteiger partial charge in [-0.1, -0.05) is 62.4 Å². The number of aromatic hydroxyl groups is 1. The van der Waals surface area contributed by atoms with Gasteiger partial charge in [0.05, 0.1) is 11.1 Å². The lowest BCUT2D eigenvalue weighted by Crippen LogP contribution is -2.22. The van der Waals surface area contributed by atoms with E-state index in [4.69, 9.17) is 4.74 Å². The molecule has 5 rings (SSSR count). The van der Waals surface area contributed by atoms with E-state index in [0.717, 1.165) is 22.3 Å². The second kappa shape index (κ2) is 13.5. The van der Waals surface area contributed by atoms with Gasteiger partial charge in [0.1, 0.15) is 11.5 Å². The first-order valence-electron chi connectivity index (χ1n) is 14.1. The molecule has 8 nitrogen and oxygen atoms in total. The number of esters is 1. The van der Waals surface area contributed by atoms with E-state index in [1.54, 1.807) is 48.5 Å². The predicted octanol–water partition coefficient (Wildman–Crippen LogP) is 6.98. The molecule has 1 heterocycles. The van der Waals surface area contributed by atoms with Gasteiger partial charge in [-0.2, -0.15) is 0 Å². The number of hydrogen-bond acceptors (Lipinski definition) is 6. The molecule has 1 aromatic heterocycles. The van der Waals surface area contributed by atoms with Crippen LogP contribution in [0.4, 0.5) is 5.69 Å². The minimum Gasteiger partial charge on any atom is -0.508 e. The van der Waals surface area contributed by atoms with Gasteiger partial charge in [0.2, 0.25) is 0 Å². The second-order valence-corrected chi connectivity index (χ2v) is 10.5. The van der Waals surface area contributed by atoms with E-state index in [-0.39, 0.29) is 35.2 Å². The first kappa shape index (κ1) is 29.7. The van der Waals surface area contributed by atoms with Crippen LogP contribution in [-0.4, -0.2) is 27.9 Å². The fraction of sp³-hybridized carbons (Fsp3) is 0.111. The summed E-state index contributed by atoms with van der Waals surface area (Å²) in [5.41, 5.74) is 5.08. The summed E-state index contributed by atoms with van der Waals surface area (Å²) in [6, 6.07) is 29.9. The van der Waals surface area contributed by atoms with E-state index in [2.05, 4.69) is 29.5 Å². The summed E-state index contributed by atoms with van der Waals surface area (Å²) in [6.45, 7) is 4.36. The van der Waals surface area contributed by atoms with Gasteiger partial charge >= 0.3 is 5.97 Å². The fourth-order valence-electron chi connectivity index (χ4n) is 4.49. The fourth-order valence-corrected chi connectivity index (χ4v) is 4.49. The van der Waals surface area contributed by atoms with Crippen molar-refractivity contribution in [2.75, 3.05) is 5.32 Å². The number of amides is 2. The number of rotatable bonds is 9. The summed E-state index contributed by atoms with van der Waals surface area (Å²) in [7, 11) is 0. The molecule has 0 radical (unpaired) electrons. The van der Waals surface area contributed by atoms with Crippen molar-refractivity contribution in [2.45, 2.75) is 26.3 Å². The van der Waals surface area contributed by atoms with Gasteiger partial charge in [-0.3, -0.25) is 14.6 Å². The molecule has 0 spiro atoms. The Hall–Kier alpha value is -5.76. The minimum atomic E-state index is -0.610. The molecular weight excluding hydrogens is 554 g/mol. The molecule has 3 N–H and O–H groups in total. The van der Waals surface area contributed by atoms with E-state index in [1.807, 2.05) is 48.5 Å². The summed E-state index contributed by atoms with van der Waals surface area (Å²) in [6.07, 6.45) is 2.73. The Labute approximate surface area is 255 Å². The number of nitrogens with one attached hydrogen (secondary N) is 2. The molecule has 8 heteroatoms. The lowest BCUT2D eigenvalue weighted by atomic mass is 10.0. The number of pyridine rings is 1. The van der Waals surface area contributed by atoms with Crippen molar-refractivity contribution < 1.29 is 24.2 Å². The summed E-state index contributed by atoms with van der Waals surface area (Å²) in [4.78, 5) is 42.6. The van der Waals surface area contributed by atoms with E-state index in [1.165, 1.54) is 18.5 Å². The van der Waals surface area contributed by atoms with Crippen molar-refractivity contribution in [2.24, 2.45) is 0 Å². The van der Waals surface area contributed by atoms with Crippen LogP contribution in [0.2, 0.25) is 0 Å². The monoisotopic (exact) mass is 585 g/mol. The Morgan fingerprint density at radius 2 is 1.43 bits per heavy atom. The van der Waals surface area contributed by atoms with Gasteiger partial charge in [0.15, 0.2) is 0 Å². The number of aromatic nitrogens is 1. The minimum absolute atomic E-state index is 0.153. The molecule has 0 aliphatic heterocycles. The maximum Gasteiger partial charge on any atom is 0.345 e. The SMILES string of the molecule is CC(C)c1cccc(OC(=O)c2cncc(C(=O)Nc3cccc(CNC(=O)c4ccc(-c5ccc(O)cc5)cc4)c3)c2)c1. The van der Waals surface area contributed by atoms with Crippen molar-refractivity contribution in [3.63, 3.8) is 0 Å². The van der Waals surface area contributed by atoms with Gasteiger partial charge in [-0.25, -0.2) is 4.79 Å². The molecule has 0 atom stereocenters. The van der Waals surface area contributed by atoms with Crippen LogP contribution in [0.1, 0.15) is 62.0 Å². The largest absolute Gasteiger partial charge is 0.508 e. The van der Waals surface area contributed by atoms with Crippen LogP contribution in [0.25, 0.3) is 11.1 Å². The van der Waals surface area contributed by atoms with Crippen molar-refractivity contribution in [3.05, 3.63) is 143 Å². The maximum atomic E-state index is 13.0. The molecule has 5 aromatic rings. The van der Waals surface area contributed by atoms with Crippen LogP contribution in [-0.2, 0) is 6.54 Å². The number of phenolic OH excluding ortho intramolecular Hbond substituents is 1. The maximum absolute atomic E-state index is 13.0. The number of carbonyl (C=O) groups is 3. The normalized spacial score (nSPS) is 10.7. The molecular formula is C36H31N3O5. The number of ether oxygens (including phenoxy) is 1. The van der Waals surface area contributed by atoms with E-state index < -0.39 is 11.9 Å². The lowest BCUT2D eigenvalue weighted by molar-refractivity contribution is 0.0733. The van der Waals surface area contributed by atoms with Crippen LogP contribution in [0.3, 0.4) is 0 Å². The van der Waals surface area contributed by atoms with Gasteiger partial charge < -0.3 is 20.5 Å². The standard InChI is InChI=1S/C36H31N3O5/c1-23(2)28-6-4-8-33(19-28)44-36(43)30-18-29(21-37-22-30)35(42)39-31-7-3-5-24(17-31)20-38-34(41)27-11-9-25(10-12-27)26-13-15-32(40)16-14-26/h3-19,21-23,40H,20H2,1-2H3,(H,38,41)(H,39,42). The highest BCUT2D eigenvalue weighted by Gasteiger charge is 2.15. The van der Waals surface area contributed by atoms with Gasteiger partial charge in [0.25, 0.3) is 11.8 Å². The molecule has 0 aliphatic carbocycles. The summed E-state index contributed by atoms with van der Waals surface area (Å²) >= 11 is 0. The molecule has 220 valence electrons. The smallest absolute Gasteiger partial charge is 0.345 e. The van der Waals surface area contributed by atoms with E-state index in [9.17, 15) is 19.5 Å². The molecule has 0 aliphatic rings. The highest BCUT2D eigenvalue weighted by Crippen LogP contribution is 2.23. The Balaban J connectivity index is 1.18. The van der Waals surface area contributed by atoms with Gasteiger partial charge in [-0.05, 0) is 82.8 Å². The van der Waals surface area contributed by atoms with Crippen LogP contribution in [0, 0.1) is 0 Å². The first-order valence-corrected chi connectivity index (χ1v) is 14.1. The number of benzene rings is 4.